The molecule has 0 aliphatic carbocycles. The molecule has 0 heterocycles. The summed E-state index contributed by atoms with van der Waals surface area (Å²) in [5, 5.41) is 0. The van der Waals surface area contributed by atoms with Gasteiger partial charge in [0.1, 0.15) is 0 Å². The van der Waals surface area contributed by atoms with E-state index in [4.69, 9.17) is 62.8 Å². The van der Waals surface area contributed by atoms with Gasteiger partial charge in [0.25, 0.3) is 0 Å². The highest BCUT2D eigenvalue weighted by Crippen LogP contribution is 2.18. The minimum atomic E-state index is -2.37. The molecule has 0 fully saturated rings. The third-order valence-electron chi connectivity index (χ3n) is 5.15. The quantitative estimate of drug-likeness (QED) is 0.101. The predicted octanol–water partition coefficient (Wildman–Crippen LogP) is 3.10. The summed E-state index contributed by atoms with van der Waals surface area (Å²) in [4.78, 5) is 0. The van der Waals surface area contributed by atoms with Crippen LogP contribution >= 0.6 is 11.6 Å². The van der Waals surface area contributed by atoms with Crippen LogP contribution in [-0.2, 0) is 45.5 Å². The molecule has 2 N–H and O–H groups in total. The molecule has 0 aromatic rings. The van der Waals surface area contributed by atoms with E-state index in [1.807, 2.05) is 0 Å². The lowest BCUT2D eigenvalue weighted by molar-refractivity contribution is -0.107. The molecule has 216 valence electrons. The van der Waals surface area contributed by atoms with Gasteiger partial charge in [0.2, 0.25) is 0 Å². The van der Waals surface area contributed by atoms with Gasteiger partial charge in [-0.3, -0.25) is 0 Å². The summed E-state index contributed by atoms with van der Waals surface area (Å²) in [7, 11) is 11.5. The van der Waals surface area contributed by atoms with Crippen molar-refractivity contribution in [2.45, 2.75) is 56.8 Å². The molecule has 0 bridgehead atoms. The summed E-state index contributed by atoms with van der Waals surface area (Å²) in [6, 6.07) is 1.63. The minimum absolute atomic E-state index is 0.0933. The van der Waals surface area contributed by atoms with E-state index in [2.05, 4.69) is 0 Å². The number of methoxy groups -OCH3 is 4. The van der Waals surface area contributed by atoms with Crippen LogP contribution in [0.5, 0.6) is 0 Å². The van der Waals surface area contributed by atoms with Crippen molar-refractivity contribution < 1.29 is 45.5 Å². The molecule has 0 radical (unpaired) electrons. The van der Waals surface area contributed by atoms with E-state index in [0.717, 1.165) is 44.2 Å². The zero-order valence-corrected chi connectivity index (χ0v) is 26.3. The molecule has 0 rings (SSSR count). The van der Waals surface area contributed by atoms with Crippen molar-refractivity contribution in [2.24, 2.45) is 5.73 Å². The predicted molar refractivity (Wildman–Crippen MR) is 142 cm³/mol. The van der Waals surface area contributed by atoms with Gasteiger partial charge in [-0.15, -0.1) is 11.6 Å². The van der Waals surface area contributed by atoms with Gasteiger partial charge in [-0.25, -0.2) is 0 Å². The minimum Gasteiger partial charge on any atom is -0.377 e. The molecule has 35 heavy (non-hydrogen) atoms. The number of halogens is 1. The Hall–Kier alpha value is 0.284. The van der Waals surface area contributed by atoms with Crippen molar-refractivity contribution in [1.29, 1.82) is 0 Å². The normalized spacial score (nSPS) is 11.8. The Morgan fingerprint density at radius 3 is 1.17 bits per heavy atom. The molecule has 0 aliphatic rings. The van der Waals surface area contributed by atoms with Gasteiger partial charge in [0.15, 0.2) is 12.6 Å². The van der Waals surface area contributed by atoms with Gasteiger partial charge in [0, 0.05) is 95.6 Å². The first-order valence-electron chi connectivity index (χ1n) is 11.4. The van der Waals surface area contributed by atoms with E-state index in [0.29, 0.717) is 12.4 Å². The fourth-order valence-corrected chi connectivity index (χ4v) is 6.72. The highest BCUT2D eigenvalue weighted by Gasteiger charge is 2.37. The van der Waals surface area contributed by atoms with Crippen molar-refractivity contribution >= 4 is 29.2 Å². The fraction of sp³-hybridized carbons (Fsp3) is 1.00. The first-order chi connectivity index (χ1) is 16.8. The largest absolute Gasteiger partial charge is 0.500 e. The zero-order valence-electron chi connectivity index (χ0n) is 23.6. The Bertz CT molecular complexity index is 396. The van der Waals surface area contributed by atoms with E-state index in [1.54, 1.807) is 71.1 Å². The van der Waals surface area contributed by atoms with Crippen molar-refractivity contribution in [3.8, 4) is 0 Å². The van der Waals surface area contributed by atoms with Crippen LogP contribution in [-0.4, -0.2) is 114 Å². The molecular weight excluding hydrogens is 518 g/mol. The van der Waals surface area contributed by atoms with Crippen LogP contribution in [0.3, 0.4) is 0 Å². The fourth-order valence-electron chi connectivity index (χ4n) is 2.85. The van der Waals surface area contributed by atoms with E-state index < -0.39 is 17.6 Å². The molecule has 0 atom stereocenters. The molecule has 11 nitrogen and oxygen atoms in total. The topological polar surface area (TPSA) is 118 Å². The Morgan fingerprint density at radius 2 is 0.914 bits per heavy atom. The molecule has 0 spiro atoms. The highest BCUT2D eigenvalue weighted by molar-refractivity contribution is 6.60. The summed E-state index contributed by atoms with van der Waals surface area (Å²) in [6.45, 7) is 0.410. The first kappa shape index (κ1) is 39.8. The number of unbranched alkanes of at least 4 members (excludes halogenated alkanes) is 2. The number of hydrogen-bond acceptors (Lipinski definition) is 11. The monoisotopic (exact) mass is 569 g/mol. The molecule has 0 aromatic carbocycles. The average Bonchev–Trinajstić information content (AvgIpc) is 2.92. The standard InChI is InChI=1S/C11H26O5Si.C6H15ClO3Si.C4H11NO2/c1-12-11(13-2)9-7-6-8-10-17(14-3,15-4)16-5;1-8-11(9-2,10-3)6-4-5-7;1-6-4(3-5)7-2/h11H,6-10H2,1-5H3;4-6H2,1-3H3;4H,3,5H2,1-2H3. The molecular formula is C21H52ClNO10Si2. The molecule has 0 saturated carbocycles. The van der Waals surface area contributed by atoms with Gasteiger partial charge >= 0.3 is 17.6 Å². The summed E-state index contributed by atoms with van der Waals surface area (Å²) < 4.78 is 51.2. The number of alkyl halides is 1. The van der Waals surface area contributed by atoms with Crippen molar-refractivity contribution in [2.75, 3.05) is 83.5 Å². The highest BCUT2D eigenvalue weighted by atomic mass is 35.5. The van der Waals surface area contributed by atoms with Gasteiger partial charge in [-0.05, 0) is 25.7 Å². The second kappa shape index (κ2) is 27.3. The first-order valence-corrected chi connectivity index (χ1v) is 15.8. The van der Waals surface area contributed by atoms with Gasteiger partial charge < -0.3 is 51.2 Å². The van der Waals surface area contributed by atoms with Crippen LogP contribution in [0.2, 0.25) is 12.1 Å². The van der Waals surface area contributed by atoms with E-state index in [9.17, 15) is 0 Å². The Kier molecular flexibility index (Phi) is 31.1. The summed E-state index contributed by atoms with van der Waals surface area (Å²) in [5.74, 6) is 0.616. The third-order valence-corrected chi connectivity index (χ3v) is 11.1. The molecule has 0 unspecified atom stereocenters. The smallest absolute Gasteiger partial charge is 0.377 e. The molecule has 0 aliphatic heterocycles. The van der Waals surface area contributed by atoms with Crippen molar-refractivity contribution in [3.05, 3.63) is 0 Å². The maximum Gasteiger partial charge on any atom is 0.500 e. The van der Waals surface area contributed by atoms with Crippen LogP contribution in [0.4, 0.5) is 0 Å². The number of rotatable bonds is 20. The van der Waals surface area contributed by atoms with Crippen LogP contribution in [0, 0.1) is 0 Å². The van der Waals surface area contributed by atoms with Gasteiger partial charge in [-0.2, -0.15) is 0 Å². The molecule has 0 saturated heterocycles. The lowest BCUT2D eigenvalue weighted by Gasteiger charge is -2.24. The summed E-state index contributed by atoms with van der Waals surface area (Å²) in [6.07, 6.45) is 4.63. The number of nitrogens with two attached hydrogens (primary N) is 1. The van der Waals surface area contributed by atoms with Gasteiger partial charge in [-0.1, -0.05) is 6.42 Å². The maximum atomic E-state index is 5.53. The second-order valence-corrected chi connectivity index (χ2v) is 13.6. The second-order valence-electron chi connectivity index (χ2n) is 7.02. The van der Waals surface area contributed by atoms with Crippen LogP contribution in [0.1, 0.15) is 32.1 Å². The lowest BCUT2D eigenvalue weighted by Crippen LogP contribution is -2.42. The number of ether oxygens (including phenoxy) is 4. The van der Waals surface area contributed by atoms with Crippen LogP contribution in [0.25, 0.3) is 0 Å². The summed E-state index contributed by atoms with van der Waals surface area (Å²) in [5.41, 5.74) is 5.14. The Morgan fingerprint density at radius 1 is 0.543 bits per heavy atom. The van der Waals surface area contributed by atoms with Crippen molar-refractivity contribution in [3.63, 3.8) is 0 Å². The molecule has 14 heteroatoms. The SMILES string of the molecule is COC(CCCCC[Si](OC)(OC)OC)OC.COC(CN)OC.CO[Si](CCCCl)(OC)OC. The van der Waals surface area contributed by atoms with Crippen LogP contribution < -0.4 is 5.73 Å². The maximum absolute atomic E-state index is 5.53. The van der Waals surface area contributed by atoms with E-state index in [1.165, 1.54) is 0 Å². The van der Waals surface area contributed by atoms with E-state index in [-0.39, 0.29) is 12.6 Å². The molecule has 0 aromatic heterocycles. The Labute approximate surface area is 220 Å². The molecule has 0 amide bonds. The average molecular weight is 570 g/mol. The Balaban J connectivity index is -0.000000486. The van der Waals surface area contributed by atoms with Gasteiger partial charge in [0.05, 0.1) is 0 Å². The van der Waals surface area contributed by atoms with E-state index >= 15 is 0 Å². The van der Waals surface area contributed by atoms with Crippen molar-refractivity contribution in [1.82, 2.24) is 0 Å². The number of hydrogen-bond donors (Lipinski definition) is 1. The van der Waals surface area contributed by atoms with Crippen LogP contribution in [0.15, 0.2) is 0 Å². The third kappa shape index (κ3) is 20.0. The lowest BCUT2D eigenvalue weighted by atomic mass is 10.2. The summed E-state index contributed by atoms with van der Waals surface area (Å²) >= 11 is 5.53. The zero-order chi connectivity index (χ0) is 27.6.